The lowest BCUT2D eigenvalue weighted by molar-refractivity contribution is -0.384. The number of ether oxygens (including phenoxy) is 1. The fraction of sp³-hybridized carbons (Fsp3) is 0.607. The van der Waals surface area contributed by atoms with Crippen molar-refractivity contribution in [2.24, 2.45) is 0 Å². The van der Waals surface area contributed by atoms with E-state index in [0.29, 0.717) is 35.8 Å². The van der Waals surface area contributed by atoms with Gasteiger partial charge in [0.15, 0.2) is 19.8 Å². The van der Waals surface area contributed by atoms with Crippen molar-refractivity contribution in [2.75, 3.05) is 12.3 Å². The molecular weight excluding hydrogens is 589 g/mol. The Morgan fingerprint density at radius 3 is 2.40 bits per heavy atom. The summed E-state index contributed by atoms with van der Waals surface area (Å²) in [5.74, 6) is 0.789. The van der Waals surface area contributed by atoms with Crippen molar-refractivity contribution in [1.82, 2.24) is 24.2 Å². The van der Waals surface area contributed by atoms with Gasteiger partial charge in [-0.1, -0.05) is 20.8 Å². The molecule has 236 valence electrons. The van der Waals surface area contributed by atoms with E-state index in [9.17, 15) is 10.1 Å². The first kappa shape index (κ1) is 33.2. The standard InChI is InChI=1S/C28H44N7O6PSi/c1-18(2)34(19(3)4)42(40-21-12-10-20(11-13-21)35(36)37)41-22-14-24(33-17-32-25-26(29)30-16-31-27(25)33)39-23(22)15-38-43(8,9)28(5,6)7/h10-13,16-19,22-24H,14-15H2,1-9H3,(H2,29,30,31)/t22-,23+,24+,42?/m0/s1. The zero-order valence-corrected chi connectivity index (χ0v) is 28.3. The highest BCUT2D eigenvalue weighted by atomic mass is 31.2. The number of hydrogen-bond donors (Lipinski definition) is 1. The molecular formula is C28H44N7O6PSi. The molecule has 1 fully saturated rings. The number of nitro groups is 1. The second-order valence-corrected chi connectivity index (χ2v) is 19.0. The lowest BCUT2D eigenvalue weighted by Gasteiger charge is -2.38. The Morgan fingerprint density at radius 1 is 1.16 bits per heavy atom. The molecule has 0 spiro atoms. The Labute approximate surface area is 255 Å². The molecule has 1 aliphatic rings. The Kier molecular flexibility index (Phi) is 10.1. The third-order valence-electron chi connectivity index (χ3n) is 8.00. The average Bonchev–Trinajstić information content (AvgIpc) is 3.51. The molecule has 43 heavy (non-hydrogen) atoms. The Balaban J connectivity index is 1.66. The van der Waals surface area contributed by atoms with Crippen LogP contribution in [0.5, 0.6) is 5.75 Å². The number of imidazole rings is 1. The molecule has 13 nitrogen and oxygen atoms in total. The predicted molar refractivity (Wildman–Crippen MR) is 169 cm³/mol. The van der Waals surface area contributed by atoms with Gasteiger partial charge in [-0.3, -0.25) is 14.7 Å². The van der Waals surface area contributed by atoms with Crippen molar-refractivity contribution in [2.45, 2.75) is 104 Å². The van der Waals surface area contributed by atoms with Crippen molar-refractivity contribution in [3.63, 3.8) is 0 Å². The number of fused-ring (bicyclic) bond motifs is 1. The average molecular weight is 634 g/mol. The highest BCUT2D eigenvalue weighted by molar-refractivity contribution is 7.45. The Hall–Kier alpha value is -2.74. The van der Waals surface area contributed by atoms with Gasteiger partial charge in [0, 0.05) is 30.6 Å². The van der Waals surface area contributed by atoms with E-state index < -0.39 is 40.2 Å². The summed E-state index contributed by atoms with van der Waals surface area (Å²) >= 11 is 0. The summed E-state index contributed by atoms with van der Waals surface area (Å²) in [4.78, 5) is 23.7. The Morgan fingerprint density at radius 2 is 1.81 bits per heavy atom. The van der Waals surface area contributed by atoms with Crippen molar-refractivity contribution >= 4 is 39.5 Å². The number of anilines is 1. The molecule has 0 amide bonds. The second-order valence-electron chi connectivity index (χ2n) is 12.8. The van der Waals surface area contributed by atoms with Crippen LogP contribution in [0.1, 0.15) is 61.1 Å². The number of nitrogens with zero attached hydrogens (tertiary/aromatic N) is 6. The highest BCUT2D eigenvalue weighted by Gasteiger charge is 2.45. The number of aromatic nitrogens is 4. The van der Waals surface area contributed by atoms with Crippen LogP contribution in [0.4, 0.5) is 11.5 Å². The van der Waals surface area contributed by atoms with Gasteiger partial charge in [-0.05, 0) is 58.0 Å². The van der Waals surface area contributed by atoms with Gasteiger partial charge >= 0.3 is 8.53 Å². The van der Waals surface area contributed by atoms with Crippen molar-refractivity contribution in [3.8, 4) is 5.75 Å². The molecule has 2 N–H and O–H groups in total. The normalized spacial score (nSPS) is 20.4. The van der Waals surface area contributed by atoms with Crippen LogP contribution in [0.3, 0.4) is 0 Å². The lowest BCUT2D eigenvalue weighted by atomic mass is 10.2. The van der Waals surface area contributed by atoms with E-state index in [1.807, 2.05) is 4.57 Å². The van der Waals surface area contributed by atoms with Crippen LogP contribution < -0.4 is 10.3 Å². The van der Waals surface area contributed by atoms with Gasteiger partial charge in [0.1, 0.15) is 29.9 Å². The molecule has 2 aromatic heterocycles. The fourth-order valence-electron chi connectivity index (χ4n) is 4.65. The molecule has 1 aromatic carbocycles. The van der Waals surface area contributed by atoms with Crippen molar-refractivity contribution < 1.29 is 23.1 Å². The number of rotatable bonds is 12. The molecule has 1 aliphatic heterocycles. The van der Waals surface area contributed by atoms with Crippen molar-refractivity contribution in [3.05, 3.63) is 47.0 Å². The van der Waals surface area contributed by atoms with E-state index in [-0.39, 0.29) is 22.8 Å². The van der Waals surface area contributed by atoms with Gasteiger partial charge < -0.3 is 23.9 Å². The van der Waals surface area contributed by atoms with E-state index in [4.69, 9.17) is 23.9 Å². The third-order valence-corrected chi connectivity index (χ3v) is 14.6. The van der Waals surface area contributed by atoms with Gasteiger partial charge in [0.05, 0.1) is 24.0 Å². The van der Waals surface area contributed by atoms with Gasteiger partial charge in [0.25, 0.3) is 5.69 Å². The topological polar surface area (TPSA) is 153 Å². The van der Waals surface area contributed by atoms with Crippen LogP contribution in [0.25, 0.3) is 11.2 Å². The smallest absolute Gasteiger partial charge is 0.321 e. The molecule has 0 aliphatic carbocycles. The summed E-state index contributed by atoms with van der Waals surface area (Å²) in [5, 5.41) is 11.2. The first-order chi connectivity index (χ1) is 20.1. The van der Waals surface area contributed by atoms with Crippen LogP contribution in [0.2, 0.25) is 18.1 Å². The maximum atomic E-state index is 11.2. The first-order valence-electron chi connectivity index (χ1n) is 14.5. The molecule has 0 radical (unpaired) electrons. The SMILES string of the molecule is CC(C)N(C(C)C)P(Oc1ccc([N+](=O)[O-])cc1)O[C@H]1C[C@H](n2cnc3c(N)ncnc32)O[C@@H]1CO[Si](C)(C)C(C)(C)C. The molecule has 15 heteroatoms. The van der Waals surface area contributed by atoms with E-state index in [1.165, 1.54) is 18.5 Å². The van der Waals surface area contributed by atoms with E-state index >= 15 is 0 Å². The lowest BCUT2D eigenvalue weighted by Crippen LogP contribution is -2.44. The zero-order valence-electron chi connectivity index (χ0n) is 26.4. The minimum absolute atomic E-state index is 0.00551. The quantitative estimate of drug-likeness (QED) is 0.101. The van der Waals surface area contributed by atoms with E-state index in [2.05, 4.69) is 81.2 Å². The summed E-state index contributed by atoms with van der Waals surface area (Å²) in [7, 11) is -3.75. The second kappa shape index (κ2) is 13.1. The monoisotopic (exact) mass is 633 g/mol. The molecule has 0 bridgehead atoms. The summed E-state index contributed by atoms with van der Waals surface area (Å²) in [6.07, 6.45) is 2.35. The van der Waals surface area contributed by atoms with Crippen LogP contribution in [-0.4, -0.2) is 68.3 Å². The summed E-state index contributed by atoms with van der Waals surface area (Å²) < 4.78 is 30.6. The third kappa shape index (κ3) is 7.50. The van der Waals surface area contributed by atoms with Crippen LogP contribution in [-0.2, 0) is 13.7 Å². The van der Waals surface area contributed by atoms with Gasteiger partial charge in [-0.2, -0.15) is 0 Å². The number of non-ortho nitro benzene ring substituents is 1. The minimum Gasteiger partial charge on any atom is -0.436 e. The predicted octanol–water partition coefficient (Wildman–Crippen LogP) is 6.44. The molecule has 4 atom stereocenters. The zero-order chi connectivity index (χ0) is 31.7. The molecule has 1 saturated heterocycles. The number of benzene rings is 1. The van der Waals surface area contributed by atoms with Gasteiger partial charge in [-0.25, -0.2) is 19.6 Å². The molecule has 3 aromatic rings. The largest absolute Gasteiger partial charge is 0.436 e. The number of nitro benzene ring substituents is 1. The van der Waals surface area contributed by atoms with Crippen LogP contribution in [0.15, 0.2) is 36.9 Å². The summed E-state index contributed by atoms with van der Waals surface area (Å²) in [5.41, 5.74) is 7.14. The van der Waals surface area contributed by atoms with Gasteiger partial charge in [-0.15, -0.1) is 0 Å². The molecule has 1 unspecified atom stereocenters. The first-order valence-corrected chi connectivity index (χ1v) is 18.5. The Bertz CT molecular complexity index is 1390. The number of hydrogen-bond acceptors (Lipinski definition) is 11. The van der Waals surface area contributed by atoms with E-state index in [0.717, 1.165) is 0 Å². The van der Waals surface area contributed by atoms with Crippen molar-refractivity contribution in [1.29, 1.82) is 0 Å². The van der Waals surface area contributed by atoms with Crippen LogP contribution in [0, 0.1) is 10.1 Å². The van der Waals surface area contributed by atoms with Gasteiger partial charge in [0.2, 0.25) is 0 Å². The highest BCUT2D eigenvalue weighted by Crippen LogP contribution is 2.50. The fourth-order valence-corrected chi connectivity index (χ4v) is 7.42. The minimum atomic E-state index is -2.10. The summed E-state index contributed by atoms with van der Waals surface area (Å²) in [6, 6.07) is 6.26. The molecule has 4 rings (SSSR count). The number of nitrogen functional groups attached to an aromatic ring is 1. The molecule has 3 heterocycles. The molecule has 0 saturated carbocycles. The summed E-state index contributed by atoms with van der Waals surface area (Å²) in [6.45, 7) is 19.7. The van der Waals surface area contributed by atoms with Crippen LogP contribution >= 0.6 is 8.53 Å². The van der Waals surface area contributed by atoms with E-state index in [1.54, 1.807) is 18.5 Å². The number of nitrogens with two attached hydrogens (primary N) is 1. The maximum Gasteiger partial charge on any atom is 0.321 e. The maximum absolute atomic E-state index is 11.2.